The van der Waals surface area contributed by atoms with E-state index in [0.29, 0.717) is 16.0 Å². The Morgan fingerprint density at radius 1 is 1.12 bits per heavy atom. The molecule has 1 amide bonds. The number of nitrogens with zero attached hydrogens (tertiary/aromatic N) is 3. The third kappa shape index (κ3) is 2.83. The Bertz CT molecular complexity index is 885. The minimum absolute atomic E-state index is 0.171. The van der Waals surface area contributed by atoms with Crippen molar-refractivity contribution in [1.82, 2.24) is 10.4 Å². The summed E-state index contributed by atoms with van der Waals surface area (Å²) in [5.41, 5.74) is 6.40. The number of carbonyl (C=O) groups is 1. The van der Waals surface area contributed by atoms with Gasteiger partial charge >= 0.3 is 0 Å². The zero-order valence-electron chi connectivity index (χ0n) is 12.9. The molecule has 0 unspecified atom stereocenters. The van der Waals surface area contributed by atoms with Gasteiger partial charge in [-0.15, -0.1) is 0 Å². The lowest BCUT2D eigenvalue weighted by Crippen LogP contribution is -2.38. The van der Waals surface area contributed by atoms with Gasteiger partial charge in [0.25, 0.3) is 5.91 Å². The lowest BCUT2D eigenvalue weighted by molar-refractivity contribution is -0.123. The molecule has 24 heavy (non-hydrogen) atoms. The number of aryl methyl sites for hydroxylation is 1. The Morgan fingerprint density at radius 3 is 2.58 bits per heavy atom. The van der Waals surface area contributed by atoms with Crippen molar-refractivity contribution in [3.63, 3.8) is 0 Å². The first kappa shape index (κ1) is 14.7. The van der Waals surface area contributed by atoms with Crippen molar-refractivity contribution in [3.05, 3.63) is 71.4 Å². The van der Waals surface area contributed by atoms with E-state index in [-0.39, 0.29) is 5.91 Å². The molecule has 2 heterocycles. The molecule has 2 aliphatic heterocycles. The van der Waals surface area contributed by atoms with E-state index in [1.54, 1.807) is 6.08 Å². The van der Waals surface area contributed by atoms with Gasteiger partial charge in [-0.2, -0.15) is 5.01 Å². The van der Waals surface area contributed by atoms with Crippen molar-refractivity contribution in [2.75, 3.05) is 0 Å². The Labute approximate surface area is 143 Å². The summed E-state index contributed by atoms with van der Waals surface area (Å²) in [5, 5.41) is 2.68. The summed E-state index contributed by atoms with van der Waals surface area (Å²) in [6.45, 7) is 2.03. The molecule has 1 N–H and O–H groups in total. The van der Waals surface area contributed by atoms with Gasteiger partial charge in [0.2, 0.25) is 0 Å². The molecule has 0 spiro atoms. The monoisotopic (exact) mass is 334 g/mol. The number of hydrazine groups is 1. The summed E-state index contributed by atoms with van der Waals surface area (Å²) in [6, 6.07) is 17.6. The third-order valence-corrected chi connectivity index (χ3v) is 4.42. The summed E-state index contributed by atoms with van der Waals surface area (Å²) in [5.74, 6) is -0.171. The highest BCUT2D eigenvalue weighted by Crippen LogP contribution is 2.29. The van der Waals surface area contributed by atoms with Crippen LogP contribution >= 0.6 is 11.8 Å². The number of rotatable bonds is 2. The van der Waals surface area contributed by atoms with Crippen LogP contribution in [0.25, 0.3) is 6.08 Å². The van der Waals surface area contributed by atoms with E-state index >= 15 is 0 Å². The Morgan fingerprint density at radius 2 is 1.88 bits per heavy atom. The van der Waals surface area contributed by atoms with E-state index in [9.17, 15) is 4.79 Å². The van der Waals surface area contributed by atoms with Gasteiger partial charge < -0.3 is 0 Å². The highest BCUT2D eigenvalue weighted by molar-refractivity contribution is 8.27. The quantitative estimate of drug-likeness (QED) is 0.856. The summed E-state index contributed by atoms with van der Waals surface area (Å²) in [7, 11) is 0. The zero-order valence-corrected chi connectivity index (χ0v) is 13.7. The highest BCUT2D eigenvalue weighted by atomic mass is 32.2. The van der Waals surface area contributed by atoms with Crippen LogP contribution in [0.15, 0.2) is 70.3 Å². The number of nitrogens with one attached hydrogen (secondary N) is 1. The molecule has 1 fully saturated rings. The number of hydrogen-bond acceptors (Lipinski definition) is 4. The number of carbonyl (C=O) groups excluding carboxylic acids is 1. The van der Waals surface area contributed by atoms with Gasteiger partial charge in [-0.3, -0.25) is 10.2 Å². The first-order valence-electron chi connectivity index (χ1n) is 7.49. The van der Waals surface area contributed by atoms with E-state index in [2.05, 4.69) is 15.4 Å². The number of thioether (sulfide) groups is 1. The number of fused-ring (bicyclic) bond motifs is 1. The minimum Gasteiger partial charge on any atom is -0.266 e. The van der Waals surface area contributed by atoms with Gasteiger partial charge in [0.1, 0.15) is 5.70 Å². The second-order valence-electron chi connectivity index (χ2n) is 5.44. The van der Waals surface area contributed by atoms with Crippen LogP contribution in [0.5, 0.6) is 0 Å². The van der Waals surface area contributed by atoms with Crippen LogP contribution in [-0.2, 0) is 4.79 Å². The average Bonchev–Trinajstić information content (AvgIpc) is 3.10. The van der Waals surface area contributed by atoms with Crippen LogP contribution in [0, 0.1) is 6.92 Å². The van der Waals surface area contributed by atoms with Crippen LogP contribution in [0.1, 0.15) is 11.1 Å². The molecule has 5 nitrogen and oxygen atoms in total. The van der Waals surface area contributed by atoms with Crippen LogP contribution in [0.4, 0.5) is 5.69 Å². The third-order valence-electron chi connectivity index (χ3n) is 3.59. The summed E-state index contributed by atoms with van der Waals surface area (Å²) in [6.07, 6.45) is 1.78. The standard InChI is InChI=1S/C18H14N4OS/c1-12-7-9-14(10-8-12)19-17-21-22-16(23)15(20-18(22)24-17)11-13-5-3-2-4-6-13/h2-11H,1H3,(H,19,21)/b15-11-. The minimum atomic E-state index is -0.171. The largest absolute Gasteiger partial charge is 0.297 e. The first-order valence-corrected chi connectivity index (χ1v) is 8.30. The molecule has 2 aromatic carbocycles. The van der Waals surface area contributed by atoms with Crippen molar-refractivity contribution < 1.29 is 4.79 Å². The summed E-state index contributed by atoms with van der Waals surface area (Å²) in [4.78, 5) is 21.4. The number of amides is 1. The van der Waals surface area contributed by atoms with E-state index in [4.69, 9.17) is 0 Å². The first-order chi connectivity index (χ1) is 11.7. The van der Waals surface area contributed by atoms with Crippen LogP contribution in [-0.4, -0.2) is 21.3 Å². The van der Waals surface area contributed by atoms with Crippen LogP contribution in [0.3, 0.4) is 0 Å². The number of amidine groups is 2. The predicted octanol–water partition coefficient (Wildman–Crippen LogP) is 3.47. The van der Waals surface area contributed by atoms with E-state index in [1.807, 2.05) is 61.5 Å². The normalized spacial score (nSPS) is 19.6. The van der Waals surface area contributed by atoms with Gasteiger partial charge in [0.15, 0.2) is 10.3 Å². The van der Waals surface area contributed by atoms with E-state index in [1.165, 1.54) is 22.3 Å². The summed E-state index contributed by atoms with van der Waals surface area (Å²) < 4.78 is 0. The van der Waals surface area contributed by atoms with E-state index in [0.717, 1.165) is 11.3 Å². The molecular weight excluding hydrogens is 320 g/mol. The lowest BCUT2D eigenvalue weighted by Gasteiger charge is -2.08. The number of aliphatic imine (C=N–C) groups is 2. The van der Waals surface area contributed by atoms with Crippen molar-refractivity contribution in [2.45, 2.75) is 6.92 Å². The van der Waals surface area contributed by atoms with Gasteiger partial charge in [0.05, 0.1) is 5.69 Å². The molecule has 118 valence electrons. The lowest BCUT2D eigenvalue weighted by atomic mass is 10.2. The Hall–Kier alpha value is -2.86. The molecule has 4 rings (SSSR count). The number of hydrogen-bond donors (Lipinski definition) is 1. The van der Waals surface area contributed by atoms with Gasteiger partial charge in [-0.25, -0.2) is 9.98 Å². The predicted molar refractivity (Wildman–Crippen MR) is 97.7 cm³/mol. The molecule has 0 saturated carbocycles. The molecule has 0 radical (unpaired) electrons. The second kappa shape index (κ2) is 5.98. The second-order valence-corrected chi connectivity index (χ2v) is 6.40. The Kier molecular flexibility index (Phi) is 3.66. The van der Waals surface area contributed by atoms with Gasteiger partial charge in [0, 0.05) is 0 Å². The smallest absolute Gasteiger partial charge is 0.266 e. The molecule has 0 atom stereocenters. The molecule has 1 saturated heterocycles. The molecule has 6 heteroatoms. The van der Waals surface area contributed by atoms with Gasteiger partial charge in [-0.05, 0) is 42.5 Å². The topological polar surface area (TPSA) is 57.1 Å². The van der Waals surface area contributed by atoms with Crippen LogP contribution in [0.2, 0.25) is 0 Å². The maximum absolute atomic E-state index is 12.4. The molecule has 2 aliphatic rings. The van der Waals surface area contributed by atoms with E-state index < -0.39 is 0 Å². The van der Waals surface area contributed by atoms with Crippen molar-refractivity contribution >= 4 is 39.8 Å². The fourth-order valence-electron chi connectivity index (χ4n) is 2.36. The maximum atomic E-state index is 12.4. The molecular formula is C18H14N4OS. The SMILES string of the molecule is Cc1ccc(N=C2NN3C(=O)/C(=C/c4ccccc4)N=C3S2)cc1. The fraction of sp³-hybridized carbons (Fsp3) is 0.0556. The van der Waals surface area contributed by atoms with Crippen molar-refractivity contribution in [1.29, 1.82) is 0 Å². The van der Waals surface area contributed by atoms with Crippen molar-refractivity contribution in [3.8, 4) is 0 Å². The molecule has 2 aromatic rings. The molecule has 0 bridgehead atoms. The molecule has 0 aliphatic carbocycles. The summed E-state index contributed by atoms with van der Waals surface area (Å²) >= 11 is 1.35. The van der Waals surface area contributed by atoms with Gasteiger partial charge in [-0.1, -0.05) is 48.0 Å². The highest BCUT2D eigenvalue weighted by Gasteiger charge is 2.37. The maximum Gasteiger partial charge on any atom is 0.297 e. The fourth-order valence-corrected chi connectivity index (χ4v) is 3.18. The molecule has 0 aromatic heterocycles. The van der Waals surface area contributed by atoms with Crippen LogP contribution < -0.4 is 5.43 Å². The average molecular weight is 334 g/mol. The number of benzene rings is 2. The van der Waals surface area contributed by atoms with Crippen molar-refractivity contribution in [2.24, 2.45) is 9.98 Å². The Balaban J connectivity index is 1.57. The zero-order chi connectivity index (χ0) is 16.5.